The third-order valence-corrected chi connectivity index (χ3v) is 5.76. The van der Waals surface area contributed by atoms with E-state index < -0.39 is 11.9 Å². The minimum absolute atomic E-state index is 0.0145. The van der Waals surface area contributed by atoms with Gasteiger partial charge in [0.1, 0.15) is 11.5 Å². The van der Waals surface area contributed by atoms with Gasteiger partial charge in [0.15, 0.2) is 11.5 Å². The summed E-state index contributed by atoms with van der Waals surface area (Å²) in [6.07, 6.45) is 1.35. The van der Waals surface area contributed by atoms with Crippen molar-refractivity contribution < 1.29 is 13.2 Å². The molecule has 0 bridgehead atoms. The SMILES string of the molecule is CC1CCCN1C1CCN(c2cc(C(F)(F)F)nc(-c3ccccn3)n2)CC1. The lowest BCUT2D eigenvalue weighted by molar-refractivity contribution is -0.141. The molecule has 2 aromatic rings. The second-order valence-corrected chi connectivity index (χ2v) is 7.60. The summed E-state index contributed by atoms with van der Waals surface area (Å²) in [6, 6.07) is 7.22. The van der Waals surface area contributed by atoms with Crippen LogP contribution in [0.5, 0.6) is 0 Å². The maximum absolute atomic E-state index is 13.4. The van der Waals surface area contributed by atoms with E-state index in [0.29, 0.717) is 36.7 Å². The van der Waals surface area contributed by atoms with E-state index >= 15 is 0 Å². The Hall–Kier alpha value is -2.22. The van der Waals surface area contributed by atoms with Crippen molar-refractivity contribution in [2.45, 2.75) is 50.9 Å². The second kappa shape index (κ2) is 7.66. The number of nitrogens with zero attached hydrogens (tertiary/aromatic N) is 5. The zero-order valence-electron chi connectivity index (χ0n) is 15.9. The van der Waals surface area contributed by atoms with Gasteiger partial charge in [-0.05, 0) is 51.3 Å². The first-order valence-electron chi connectivity index (χ1n) is 9.80. The summed E-state index contributed by atoms with van der Waals surface area (Å²) in [6.45, 7) is 4.79. The van der Waals surface area contributed by atoms with E-state index in [1.54, 1.807) is 18.2 Å². The Morgan fingerprint density at radius 3 is 2.43 bits per heavy atom. The molecule has 5 nitrogen and oxygen atoms in total. The normalized spacial score (nSPS) is 22.0. The largest absolute Gasteiger partial charge is 0.433 e. The van der Waals surface area contributed by atoms with Crippen LogP contribution in [0, 0.1) is 0 Å². The van der Waals surface area contributed by atoms with Crippen LogP contribution in [-0.4, -0.2) is 51.6 Å². The molecule has 1 unspecified atom stereocenters. The summed E-state index contributed by atoms with van der Waals surface area (Å²) in [5.74, 6) is 0.344. The Morgan fingerprint density at radius 1 is 1.04 bits per heavy atom. The second-order valence-electron chi connectivity index (χ2n) is 7.60. The van der Waals surface area contributed by atoms with Gasteiger partial charge in [-0.25, -0.2) is 9.97 Å². The first kappa shape index (κ1) is 19.1. The molecule has 0 aromatic carbocycles. The maximum Gasteiger partial charge on any atom is 0.433 e. The average molecular weight is 391 g/mol. The fourth-order valence-electron chi connectivity index (χ4n) is 4.28. The van der Waals surface area contributed by atoms with E-state index in [4.69, 9.17) is 0 Å². The molecule has 2 aromatic heterocycles. The van der Waals surface area contributed by atoms with Crippen molar-refractivity contribution in [1.29, 1.82) is 0 Å². The molecule has 2 saturated heterocycles. The smallest absolute Gasteiger partial charge is 0.356 e. The minimum atomic E-state index is -4.52. The van der Waals surface area contributed by atoms with Crippen LogP contribution in [0.25, 0.3) is 11.5 Å². The number of halogens is 3. The van der Waals surface area contributed by atoms with Crippen molar-refractivity contribution in [2.75, 3.05) is 24.5 Å². The van der Waals surface area contributed by atoms with Gasteiger partial charge in [-0.3, -0.25) is 9.88 Å². The lowest BCUT2D eigenvalue weighted by atomic mass is 10.0. The first-order valence-corrected chi connectivity index (χ1v) is 9.80. The van der Waals surface area contributed by atoms with Crippen LogP contribution >= 0.6 is 0 Å². The monoisotopic (exact) mass is 391 g/mol. The molecule has 0 saturated carbocycles. The molecular weight excluding hydrogens is 367 g/mol. The lowest BCUT2D eigenvalue weighted by Gasteiger charge is -2.39. The molecule has 0 radical (unpaired) electrons. The number of aromatic nitrogens is 3. The number of alkyl halides is 3. The molecule has 2 fully saturated rings. The van der Waals surface area contributed by atoms with Gasteiger partial charge < -0.3 is 4.90 Å². The molecule has 2 aliphatic rings. The van der Waals surface area contributed by atoms with Crippen LogP contribution in [0.15, 0.2) is 30.5 Å². The number of piperidine rings is 1. The van der Waals surface area contributed by atoms with E-state index in [1.165, 1.54) is 19.0 Å². The standard InChI is InChI=1S/C20H24F3N5/c1-14-5-4-10-28(14)15-7-11-27(12-8-15)18-13-17(20(21,22)23)25-19(26-18)16-6-2-3-9-24-16/h2-3,6,9,13-15H,4-5,7-8,10-12H2,1H3. The molecule has 0 N–H and O–H groups in total. The van der Waals surface area contributed by atoms with Crippen molar-refractivity contribution in [3.05, 3.63) is 36.2 Å². The van der Waals surface area contributed by atoms with Gasteiger partial charge in [-0.15, -0.1) is 0 Å². The minimum Gasteiger partial charge on any atom is -0.356 e. The molecule has 1 atom stereocenters. The van der Waals surface area contributed by atoms with E-state index in [-0.39, 0.29) is 5.82 Å². The molecular formula is C20H24F3N5. The van der Waals surface area contributed by atoms with Crippen molar-refractivity contribution >= 4 is 5.82 Å². The Bertz CT molecular complexity index is 803. The van der Waals surface area contributed by atoms with Gasteiger partial charge in [0.05, 0.1) is 0 Å². The van der Waals surface area contributed by atoms with Crippen LogP contribution in [-0.2, 0) is 6.18 Å². The molecule has 2 aliphatic heterocycles. The number of hydrogen-bond donors (Lipinski definition) is 0. The molecule has 0 amide bonds. The first-order chi connectivity index (χ1) is 13.4. The van der Waals surface area contributed by atoms with Crippen LogP contribution in [0.1, 0.15) is 38.3 Å². The van der Waals surface area contributed by atoms with Gasteiger partial charge in [-0.2, -0.15) is 13.2 Å². The Balaban J connectivity index is 1.57. The summed E-state index contributed by atoms with van der Waals surface area (Å²) in [5.41, 5.74) is -0.580. The number of hydrogen-bond acceptors (Lipinski definition) is 5. The molecule has 28 heavy (non-hydrogen) atoms. The van der Waals surface area contributed by atoms with Gasteiger partial charge in [0.2, 0.25) is 0 Å². The highest BCUT2D eigenvalue weighted by atomic mass is 19.4. The Kier molecular flexibility index (Phi) is 5.23. The van der Waals surface area contributed by atoms with Crippen LogP contribution in [0.2, 0.25) is 0 Å². The maximum atomic E-state index is 13.4. The zero-order valence-corrected chi connectivity index (χ0v) is 15.9. The summed E-state index contributed by atoms with van der Waals surface area (Å²) < 4.78 is 40.2. The van der Waals surface area contributed by atoms with Gasteiger partial charge in [-0.1, -0.05) is 6.07 Å². The Labute approximate surface area is 162 Å². The number of anilines is 1. The highest BCUT2D eigenvalue weighted by Gasteiger charge is 2.35. The van der Waals surface area contributed by atoms with Gasteiger partial charge in [0.25, 0.3) is 0 Å². The van der Waals surface area contributed by atoms with Crippen molar-refractivity contribution in [2.24, 2.45) is 0 Å². The van der Waals surface area contributed by atoms with Crippen molar-refractivity contribution in [3.8, 4) is 11.5 Å². The van der Waals surface area contributed by atoms with E-state index in [9.17, 15) is 13.2 Å². The molecule has 0 aliphatic carbocycles. The Morgan fingerprint density at radius 2 is 1.82 bits per heavy atom. The highest BCUT2D eigenvalue weighted by molar-refractivity contribution is 5.54. The van der Waals surface area contributed by atoms with Crippen LogP contribution < -0.4 is 4.90 Å². The van der Waals surface area contributed by atoms with Crippen molar-refractivity contribution in [1.82, 2.24) is 19.9 Å². The van der Waals surface area contributed by atoms with E-state index in [2.05, 4.69) is 26.8 Å². The molecule has 8 heteroatoms. The van der Waals surface area contributed by atoms with E-state index in [0.717, 1.165) is 25.5 Å². The van der Waals surface area contributed by atoms with Gasteiger partial charge in [0, 0.05) is 37.4 Å². The third-order valence-electron chi connectivity index (χ3n) is 5.76. The lowest BCUT2D eigenvalue weighted by Crippen LogP contribution is -2.46. The number of likely N-dealkylation sites (tertiary alicyclic amines) is 1. The fraction of sp³-hybridized carbons (Fsp3) is 0.550. The molecule has 4 rings (SSSR count). The van der Waals surface area contributed by atoms with E-state index in [1.807, 2.05) is 4.90 Å². The fourth-order valence-corrected chi connectivity index (χ4v) is 4.28. The summed E-state index contributed by atoms with van der Waals surface area (Å²) in [4.78, 5) is 16.8. The molecule has 150 valence electrons. The predicted octanol–water partition coefficient (Wildman–Crippen LogP) is 4.01. The third kappa shape index (κ3) is 3.97. The van der Waals surface area contributed by atoms with Crippen molar-refractivity contribution in [3.63, 3.8) is 0 Å². The summed E-state index contributed by atoms with van der Waals surface area (Å²) in [7, 11) is 0. The predicted molar refractivity (Wildman–Crippen MR) is 101 cm³/mol. The topological polar surface area (TPSA) is 45.2 Å². The quantitative estimate of drug-likeness (QED) is 0.791. The highest BCUT2D eigenvalue weighted by Crippen LogP contribution is 2.33. The molecule has 4 heterocycles. The van der Waals surface area contributed by atoms with Crippen LogP contribution in [0.3, 0.4) is 0 Å². The molecule has 0 spiro atoms. The van der Waals surface area contributed by atoms with Crippen LogP contribution in [0.4, 0.5) is 19.0 Å². The summed E-state index contributed by atoms with van der Waals surface area (Å²) >= 11 is 0. The number of rotatable bonds is 3. The van der Waals surface area contributed by atoms with Gasteiger partial charge >= 0.3 is 6.18 Å². The average Bonchev–Trinajstić information content (AvgIpc) is 3.14. The number of pyridine rings is 1. The summed E-state index contributed by atoms with van der Waals surface area (Å²) in [5, 5.41) is 0. The zero-order chi connectivity index (χ0) is 19.7.